The highest BCUT2D eigenvalue weighted by molar-refractivity contribution is 7.99. The van der Waals surface area contributed by atoms with Crippen molar-refractivity contribution in [2.45, 2.75) is 32.5 Å². The predicted molar refractivity (Wildman–Crippen MR) is 133 cm³/mol. The molecule has 0 fully saturated rings. The van der Waals surface area contributed by atoms with Crippen molar-refractivity contribution in [3.05, 3.63) is 99.8 Å². The van der Waals surface area contributed by atoms with Crippen LogP contribution in [0.4, 0.5) is 0 Å². The monoisotopic (exact) mass is 477 g/mol. The summed E-state index contributed by atoms with van der Waals surface area (Å²) in [7, 11) is 0. The van der Waals surface area contributed by atoms with Crippen LogP contribution in [0.1, 0.15) is 32.9 Å². The van der Waals surface area contributed by atoms with Crippen LogP contribution >= 0.6 is 23.4 Å². The number of aromatic nitrogens is 3. The fraction of sp³-hybridized carbons (Fsp3) is 0.192. The number of carbonyl (C=O) groups is 1. The zero-order chi connectivity index (χ0) is 23.4. The van der Waals surface area contributed by atoms with Gasteiger partial charge in [0.25, 0.3) is 0 Å². The molecule has 5 nitrogen and oxygen atoms in total. The summed E-state index contributed by atoms with van der Waals surface area (Å²) in [5.41, 5.74) is 4.95. The number of aryl methyl sites for hydroxylation is 3. The molecule has 0 saturated heterocycles. The van der Waals surface area contributed by atoms with Crippen LogP contribution in [-0.2, 0) is 6.61 Å². The second-order valence-electron chi connectivity index (χ2n) is 7.78. The van der Waals surface area contributed by atoms with Crippen LogP contribution in [0.25, 0.3) is 5.69 Å². The van der Waals surface area contributed by atoms with Gasteiger partial charge in [-0.3, -0.25) is 9.36 Å². The molecular weight excluding hydrogens is 454 g/mol. The molecule has 168 valence electrons. The van der Waals surface area contributed by atoms with Crippen LogP contribution in [0.3, 0.4) is 0 Å². The van der Waals surface area contributed by atoms with Gasteiger partial charge in [0.05, 0.1) is 5.75 Å². The smallest absolute Gasteiger partial charge is 0.196 e. The van der Waals surface area contributed by atoms with E-state index in [9.17, 15) is 4.79 Å². The van der Waals surface area contributed by atoms with Gasteiger partial charge in [-0.05, 0) is 79.9 Å². The Morgan fingerprint density at radius 2 is 1.64 bits per heavy atom. The Labute approximate surface area is 202 Å². The molecule has 33 heavy (non-hydrogen) atoms. The number of nitrogens with zero attached hydrogens (tertiary/aromatic N) is 3. The molecule has 1 heterocycles. The first kappa shape index (κ1) is 23.1. The minimum atomic E-state index is 0.0715. The van der Waals surface area contributed by atoms with Crippen LogP contribution in [-0.4, -0.2) is 26.3 Å². The highest BCUT2D eigenvalue weighted by Crippen LogP contribution is 2.25. The van der Waals surface area contributed by atoms with Crippen molar-refractivity contribution in [3.8, 4) is 11.4 Å². The van der Waals surface area contributed by atoms with Crippen LogP contribution in [0, 0.1) is 20.8 Å². The summed E-state index contributed by atoms with van der Waals surface area (Å²) in [5.74, 6) is 1.68. The Bertz CT molecular complexity index is 1270. The molecule has 4 rings (SSSR count). The Balaban J connectivity index is 1.56. The van der Waals surface area contributed by atoms with Crippen molar-refractivity contribution in [2.24, 2.45) is 0 Å². The molecule has 0 saturated carbocycles. The van der Waals surface area contributed by atoms with E-state index in [0.29, 0.717) is 21.8 Å². The maximum Gasteiger partial charge on any atom is 0.196 e. The minimum absolute atomic E-state index is 0.0715. The largest absolute Gasteiger partial charge is 0.486 e. The van der Waals surface area contributed by atoms with Crippen molar-refractivity contribution >= 4 is 29.1 Å². The van der Waals surface area contributed by atoms with Crippen LogP contribution in [0.15, 0.2) is 71.9 Å². The van der Waals surface area contributed by atoms with Crippen LogP contribution in [0.5, 0.6) is 5.75 Å². The summed E-state index contributed by atoms with van der Waals surface area (Å²) < 4.78 is 7.83. The van der Waals surface area contributed by atoms with E-state index in [1.54, 1.807) is 12.1 Å². The van der Waals surface area contributed by atoms with E-state index < -0.39 is 0 Å². The second kappa shape index (κ2) is 10.2. The molecule has 0 spiro atoms. The molecule has 0 aliphatic carbocycles. The number of hydrogen-bond donors (Lipinski definition) is 0. The number of rotatable bonds is 8. The number of para-hydroxylation sites is 1. The van der Waals surface area contributed by atoms with Crippen molar-refractivity contribution in [1.29, 1.82) is 0 Å². The molecule has 7 heteroatoms. The van der Waals surface area contributed by atoms with E-state index >= 15 is 0 Å². The van der Waals surface area contributed by atoms with Crippen LogP contribution < -0.4 is 4.74 Å². The van der Waals surface area contributed by atoms with E-state index in [1.165, 1.54) is 17.3 Å². The van der Waals surface area contributed by atoms with Crippen molar-refractivity contribution in [1.82, 2.24) is 14.8 Å². The van der Waals surface area contributed by atoms with Crippen LogP contribution in [0.2, 0.25) is 5.02 Å². The lowest BCUT2D eigenvalue weighted by Gasteiger charge is -2.12. The molecular formula is C26H24ClN3O2S. The number of ketones is 1. The van der Waals surface area contributed by atoms with Crippen molar-refractivity contribution in [2.75, 3.05) is 5.75 Å². The number of ether oxygens (including phenoxy) is 1. The first-order chi connectivity index (χ1) is 15.9. The summed E-state index contributed by atoms with van der Waals surface area (Å²) >= 11 is 7.33. The van der Waals surface area contributed by atoms with E-state index in [0.717, 1.165) is 22.4 Å². The number of hydrogen-bond acceptors (Lipinski definition) is 5. The Hall–Kier alpha value is -3.09. The molecule has 0 aliphatic heterocycles. The summed E-state index contributed by atoms with van der Waals surface area (Å²) in [4.78, 5) is 13.0. The summed E-state index contributed by atoms with van der Waals surface area (Å²) in [6.45, 7) is 6.29. The number of halogens is 1. The average molecular weight is 478 g/mol. The molecule has 0 amide bonds. The van der Waals surface area contributed by atoms with Gasteiger partial charge in [0.2, 0.25) is 0 Å². The highest BCUT2D eigenvalue weighted by atomic mass is 35.5. The second-order valence-corrected chi connectivity index (χ2v) is 9.15. The van der Waals surface area contributed by atoms with Crippen molar-refractivity contribution in [3.63, 3.8) is 0 Å². The van der Waals surface area contributed by atoms with Gasteiger partial charge < -0.3 is 4.74 Å². The minimum Gasteiger partial charge on any atom is -0.486 e. The number of carbonyl (C=O) groups excluding carboxylic acids is 1. The molecule has 0 aliphatic rings. The fourth-order valence-electron chi connectivity index (χ4n) is 3.47. The highest BCUT2D eigenvalue weighted by Gasteiger charge is 2.18. The first-order valence-electron chi connectivity index (χ1n) is 10.5. The summed E-state index contributed by atoms with van der Waals surface area (Å²) in [6, 6.07) is 21.0. The SMILES string of the molecule is Cc1cc(C)c(C(=O)CSc2nnc(COc3ccc(Cl)cc3)n2-c2ccccc2)cc1C. The van der Waals surface area contributed by atoms with Crippen molar-refractivity contribution < 1.29 is 9.53 Å². The third kappa shape index (κ3) is 5.46. The predicted octanol–water partition coefficient (Wildman–Crippen LogP) is 6.40. The molecule has 4 aromatic rings. The third-order valence-electron chi connectivity index (χ3n) is 5.37. The Morgan fingerprint density at radius 3 is 2.36 bits per heavy atom. The average Bonchev–Trinajstić information content (AvgIpc) is 3.23. The van der Waals surface area contributed by atoms with E-state index in [-0.39, 0.29) is 18.1 Å². The maximum atomic E-state index is 13.0. The molecule has 3 aromatic carbocycles. The number of Topliss-reactive ketones (excluding diaryl/α,β-unsaturated/α-hetero) is 1. The van der Waals surface area contributed by atoms with Gasteiger partial charge in [-0.25, -0.2) is 0 Å². The molecule has 1 aromatic heterocycles. The summed E-state index contributed by atoms with van der Waals surface area (Å²) in [5, 5.41) is 10.0. The van der Waals surface area contributed by atoms with Gasteiger partial charge in [-0.15, -0.1) is 10.2 Å². The first-order valence-corrected chi connectivity index (χ1v) is 11.9. The van der Waals surface area contributed by atoms with Gasteiger partial charge in [0.15, 0.2) is 16.8 Å². The van der Waals surface area contributed by atoms with E-state index in [4.69, 9.17) is 16.3 Å². The maximum absolute atomic E-state index is 13.0. The van der Waals surface area contributed by atoms with Gasteiger partial charge in [0.1, 0.15) is 12.4 Å². The van der Waals surface area contributed by atoms with Gasteiger partial charge in [0, 0.05) is 16.3 Å². The zero-order valence-corrected chi connectivity index (χ0v) is 20.3. The zero-order valence-electron chi connectivity index (χ0n) is 18.7. The third-order valence-corrected chi connectivity index (χ3v) is 6.55. The summed E-state index contributed by atoms with van der Waals surface area (Å²) in [6.07, 6.45) is 0. The topological polar surface area (TPSA) is 57.0 Å². The molecule has 0 atom stereocenters. The van der Waals surface area contributed by atoms with Gasteiger partial charge >= 0.3 is 0 Å². The standard InChI is InChI=1S/C26H24ClN3O2S/c1-17-13-19(3)23(14-18(17)2)24(31)16-33-26-29-28-25(30(26)21-7-5-4-6-8-21)15-32-22-11-9-20(27)10-12-22/h4-14H,15-16H2,1-3H3. The lowest BCUT2D eigenvalue weighted by atomic mass is 9.99. The molecule has 0 unspecified atom stereocenters. The fourth-order valence-corrected chi connectivity index (χ4v) is 4.45. The van der Waals surface area contributed by atoms with E-state index in [2.05, 4.69) is 23.2 Å². The molecule has 0 bridgehead atoms. The number of benzene rings is 3. The van der Waals surface area contributed by atoms with E-state index in [1.807, 2.05) is 66.9 Å². The molecule has 0 N–H and O–H groups in total. The van der Waals surface area contributed by atoms with Gasteiger partial charge in [-0.2, -0.15) is 0 Å². The van der Waals surface area contributed by atoms with Gasteiger partial charge in [-0.1, -0.05) is 47.6 Å². The lowest BCUT2D eigenvalue weighted by molar-refractivity contribution is 0.102. The Kier molecular flexibility index (Phi) is 7.16. The molecule has 0 radical (unpaired) electrons. The Morgan fingerprint density at radius 1 is 0.939 bits per heavy atom. The normalized spacial score (nSPS) is 10.9. The lowest BCUT2D eigenvalue weighted by Crippen LogP contribution is -2.09. The quantitative estimate of drug-likeness (QED) is 0.217. The number of thioether (sulfide) groups is 1.